The van der Waals surface area contributed by atoms with E-state index < -0.39 is 0 Å². The number of nitrogens with two attached hydrogens (primary N) is 1. The van der Waals surface area contributed by atoms with Crippen LogP contribution in [0.15, 0.2) is 24.4 Å². The Kier molecular flexibility index (Phi) is 3.08. The van der Waals surface area contributed by atoms with Crippen molar-refractivity contribution in [2.24, 2.45) is 11.7 Å². The minimum atomic E-state index is -0.199. The first-order valence-electron chi connectivity index (χ1n) is 6.78. The van der Waals surface area contributed by atoms with Crippen LogP contribution in [0.4, 0.5) is 4.39 Å². The second-order valence-electron chi connectivity index (χ2n) is 5.33. The molecule has 3 N–H and O–H groups in total. The molecule has 3 rings (SSSR count). The van der Waals surface area contributed by atoms with Crippen molar-refractivity contribution in [2.45, 2.75) is 38.1 Å². The molecule has 1 atom stereocenters. The van der Waals surface area contributed by atoms with Gasteiger partial charge in [-0.3, -0.25) is 0 Å². The summed E-state index contributed by atoms with van der Waals surface area (Å²) in [5.74, 6) is 0.343. The van der Waals surface area contributed by atoms with Crippen LogP contribution in [0.1, 0.15) is 43.7 Å². The van der Waals surface area contributed by atoms with E-state index in [1.54, 1.807) is 6.07 Å². The molecule has 0 bridgehead atoms. The predicted molar refractivity (Wildman–Crippen MR) is 71.8 cm³/mol. The third kappa shape index (κ3) is 1.93. The summed E-state index contributed by atoms with van der Waals surface area (Å²) < 4.78 is 13.6. The van der Waals surface area contributed by atoms with E-state index in [2.05, 4.69) is 4.98 Å². The quantitative estimate of drug-likeness (QED) is 0.829. The van der Waals surface area contributed by atoms with E-state index in [4.69, 9.17) is 5.73 Å². The first-order chi connectivity index (χ1) is 8.77. The Morgan fingerprint density at radius 1 is 1.22 bits per heavy atom. The molecule has 1 aromatic heterocycles. The van der Waals surface area contributed by atoms with Crippen molar-refractivity contribution in [3.05, 3.63) is 35.8 Å². The van der Waals surface area contributed by atoms with Crippen LogP contribution in [-0.2, 0) is 0 Å². The normalized spacial score (nSPS) is 19.2. The summed E-state index contributed by atoms with van der Waals surface area (Å²) in [6.07, 6.45) is 8.15. The minimum absolute atomic E-state index is 0.0286. The first kappa shape index (κ1) is 11.7. The third-order valence-electron chi connectivity index (χ3n) is 4.21. The van der Waals surface area contributed by atoms with Gasteiger partial charge in [0.2, 0.25) is 0 Å². The van der Waals surface area contributed by atoms with E-state index in [1.807, 2.05) is 12.3 Å². The molecule has 1 aromatic carbocycles. The molecule has 1 saturated carbocycles. The molecule has 1 heterocycles. The van der Waals surface area contributed by atoms with Crippen LogP contribution in [0.5, 0.6) is 0 Å². The molecule has 1 aliphatic carbocycles. The van der Waals surface area contributed by atoms with E-state index in [0.717, 1.165) is 10.9 Å². The van der Waals surface area contributed by atoms with Crippen molar-refractivity contribution >= 4 is 10.9 Å². The molecule has 0 radical (unpaired) electrons. The number of fused-ring (bicyclic) bond motifs is 1. The van der Waals surface area contributed by atoms with Crippen LogP contribution in [0.2, 0.25) is 0 Å². The molecular weight excluding hydrogens is 227 g/mol. The topological polar surface area (TPSA) is 41.8 Å². The molecule has 3 heteroatoms. The Bertz CT molecular complexity index is 540. The SMILES string of the molecule is NC(c1c[nH]c2c(F)cccc12)C1CCCCC1. The fraction of sp³-hybridized carbons (Fsp3) is 0.467. The highest BCUT2D eigenvalue weighted by atomic mass is 19.1. The van der Waals surface area contributed by atoms with Gasteiger partial charge in [-0.25, -0.2) is 4.39 Å². The zero-order valence-corrected chi connectivity index (χ0v) is 10.5. The molecule has 2 aromatic rings. The Morgan fingerprint density at radius 3 is 2.78 bits per heavy atom. The van der Waals surface area contributed by atoms with Gasteiger partial charge < -0.3 is 10.7 Å². The van der Waals surface area contributed by atoms with Gasteiger partial charge in [0, 0.05) is 17.6 Å². The summed E-state index contributed by atoms with van der Waals surface area (Å²) in [6.45, 7) is 0. The zero-order chi connectivity index (χ0) is 12.5. The maximum absolute atomic E-state index is 13.6. The lowest BCUT2D eigenvalue weighted by Gasteiger charge is -2.27. The van der Waals surface area contributed by atoms with Gasteiger partial charge >= 0.3 is 0 Å². The summed E-state index contributed by atoms with van der Waals surface area (Å²) in [7, 11) is 0. The van der Waals surface area contributed by atoms with Gasteiger partial charge in [-0.15, -0.1) is 0 Å². The highest BCUT2D eigenvalue weighted by Crippen LogP contribution is 2.35. The lowest BCUT2D eigenvalue weighted by atomic mass is 9.81. The number of halogens is 1. The molecule has 1 unspecified atom stereocenters. The molecule has 1 fully saturated rings. The van der Waals surface area contributed by atoms with Crippen LogP contribution >= 0.6 is 0 Å². The van der Waals surface area contributed by atoms with Crippen molar-refractivity contribution < 1.29 is 4.39 Å². The highest BCUT2D eigenvalue weighted by Gasteiger charge is 2.24. The summed E-state index contributed by atoms with van der Waals surface area (Å²) in [5.41, 5.74) is 8.04. The summed E-state index contributed by atoms with van der Waals surface area (Å²) in [6, 6.07) is 5.21. The molecule has 0 amide bonds. The highest BCUT2D eigenvalue weighted by molar-refractivity contribution is 5.84. The van der Waals surface area contributed by atoms with Gasteiger partial charge in [0.05, 0.1) is 5.52 Å². The van der Waals surface area contributed by atoms with Gasteiger partial charge in [-0.1, -0.05) is 31.4 Å². The van der Waals surface area contributed by atoms with Gasteiger partial charge in [0.15, 0.2) is 0 Å². The van der Waals surface area contributed by atoms with E-state index in [-0.39, 0.29) is 11.9 Å². The van der Waals surface area contributed by atoms with Gasteiger partial charge in [0.1, 0.15) is 5.82 Å². The fourth-order valence-corrected chi connectivity index (χ4v) is 3.16. The van der Waals surface area contributed by atoms with Crippen molar-refractivity contribution in [1.29, 1.82) is 0 Å². The predicted octanol–water partition coefficient (Wildman–Crippen LogP) is 3.89. The second kappa shape index (κ2) is 4.73. The first-order valence-corrected chi connectivity index (χ1v) is 6.78. The number of nitrogens with one attached hydrogen (secondary N) is 1. The number of para-hydroxylation sites is 1. The number of H-pyrrole nitrogens is 1. The van der Waals surface area contributed by atoms with Crippen LogP contribution < -0.4 is 5.73 Å². The van der Waals surface area contributed by atoms with Gasteiger partial charge in [0.25, 0.3) is 0 Å². The van der Waals surface area contributed by atoms with Gasteiger partial charge in [-0.05, 0) is 30.4 Å². The Hall–Kier alpha value is -1.35. The average molecular weight is 246 g/mol. The average Bonchev–Trinajstić information content (AvgIpc) is 2.84. The molecule has 2 nitrogen and oxygen atoms in total. The lowest BCUT2D eigenvalue weighted by Crippen LogP contribution is -2.23. The van der Waals surface area contributed by atoms with E-state index >= 15 is 0 Å². The molecule has 96 valence electrons. The standard InChI is InChI=1S/C15H19FN2/c16-13-8-4-7-11-12(9-18-15(11)13)14(17)10-5-2-1-3-6-10/h4,7-10,14,18H,1-3,5-6,17H2. The van der Waals surface area contributed by atoms with Crippen molar-refractivity contribution in [1.82, 2.24) is 4.98 Å². The van der Waals surface area contributed by atoms with Crippen molar-refractivity contribution in [3.8, 4) is 0 Å². The molecule has 18 heavy (non-hydrogen) atoms. The molecule has 0 saturated heterocycles. The molecule has 1 aliphatic rings. The fourth-order valence-electron chi connectivity index (χ4n) is 3.16. The zero-order valence-electron chi connectivity index (χ0n) is 10.5. The summed E-state index contributed by atoms with van der Waals surface area (Å²) >= 11 is 0. The summed E-state index contributed by atoms with van der Waals surface area (Å²) in [4.78, 5) is 3.02. The van der Waals surface area contributed by atoms with E-state index in [0.29, 0.717) is 11.4 Å². The number of benzene rings is 1. The second-order valence-corrected chi connectivity index (χ2v) is 5.33. The molecular formula is C15H19FN2. The van der Waals surface area contributed by atoms with Crippen LogP contribution in [0.3, 0.4) is 0 Å². The Balaban J connectivity index is 1.96. The number of aromatic amines is 1. The largest absolute Gasteiger partial charge is 0.358 e. The minimum Gasteiger partial charge on any atom is -0.358 e. The van der Waals surface area contributed by atoms with Gasteiger partial charge in [-0.2, -0.15) is 0 Å². The van der Waals surface area contributed by atoms with Crippen molar-refractivity contribution in [3.63, 3.8) is 0 Å². The van der Waals surface area contributed by atoms with E-state index in [1.165, 1.54) is 38.2 Å². The maximum Gasteiger partial charge on any atom is 0.147 e. The number of hydrogen-bond donors (Lipinski definition) is 2. The number of hydrogen-bond acceptors (Lipinski definition) is 1. The summed E-state index contributed by atoms with van der Waals surface area (Å²) in [5, 5.41) is 0.938. The number of rotatable bonds is 2. The monoisotopic (exact) mass is 246 g/mol. The van der Waals surface area contributed by atoms with E-state index in [9.17, 15) is 4.39 Å². The Morgan fingerprint density at radius 2 is 2.00 bits per heavy atom. The Labute approximate surface area is 106 Å². The van der Waals surface area contributed by atoms with Crippen LogP contribution in [-0.4, -0.2) is 4.98 Å². The smallest absolute Gasteiger partial charge is 0.147 e. The molecule has 0 aliphatic heterocycles. The van der Waals surface area contributed by atoms with Crippen LogP contribution in [0, 0.1) is 11.7 Å². The lowest BCUT2D eigenvalue weighted by molar-refractivity contribution is 0.309. The van der Waals surface area contributed by atoms with Crippen LogP contribution in [0.25, 0.3) is 10.9 Å². The molecule has 0 spiro atoms. The maximum atomic E-state index is 13.6. The van der Waals surface area contributed by atoms with Crippen molar-refractivity contribution in [2.75, 3.05) is 0 Å². The third-order valence-corrected chi connectivity index (χ3v) is 4.21. The number of aromatic nitrogens is 1.